The Morgan fingerprint density at radius 1 is 1.31 bits per heavy atom. The number of para-hydroxylation sites is 1. The number of hydrogen-bond donors (Lipinski definition) is 2. The zero-order valence-electron chi connectivity index (χ0n) is 13.8. The molecule has 1 saturated heterocycles. The van der Waals surface area contributed by atoms with Gasteiger partial charge in [0.1, 0.15) is 0 Å². The monoisotopic (exact) mass is 429 g/mol. The van der Waals surface area contributed by atoms with Crippen LogP contribution in [0.4, 0.5) is 10.6 Å². The lowest BCUT2D eigenvalue weighted by Crippen LogP contribution is -2.46. The summed E-state index contributed by atoms with van der Waals surface area (Å²) in [4.78, 5) is 15.4. The van der Waals surface area contributed by atoms with E-state index in [0.717, 1.165) is 19.6 Å². The van der Waals surface area contributed by atoms with Crippen molar-refractivity contribution in [1.29, 1.82) is 5.26 Å². The van der Waals surface area contributed by atoms with Crippen LogP contribution in [-0.2, 0) is 5.41 Å². The van der Waals surface area contributed by atoms with Gasteiger partial charge in [-0.15, -0.1) is 11.3 Å². The van der Waals surface area contributed by atoms with Gasteiger partial charge in [-0.25, -0.2) is 4.79 Å². The maximum Gasteiger partial charge on any atom is 0.323 e. The summed E-state index contributed by atoms with van der Waals surface area (Å²) < 4.78 is 1.02. The van der Waals surface area contributed by atoms with Gasteiger partial charge < -0.3 is 4.90 Å². The fourth-order valence-corrected chi connectivity index (χ4v) is 4.90. The van der Waals surface area contributed by atoms with Crippen LogP contribution in [-0.4, -0.2) is 34.2 Å². The largest absolute Gasteiger partial charge is 0.324 e. The molecule has 0 radical (unpaired) electrons. The van der Waals surface area contributed by atoms with Gasteiger partial charge in [-0.2, -0.15) is 10.4 Å². The summed E-state index contributed by atoms with van der Waals surface area (Å²) in [6, 6.07) is 13.9. The summed E-state index contributed by atoms with van der Waals surface area (Å²) in [5, 5.41) is 20.6. The number of urea groups is 1. The molecule has 2 N–H and O–H groups in total. The molecule has 8 heteroatoms. The quantitative estimate of drug-likeness (QED) is 0.629. The second kappa shape index (κ2) is 6.74. The standard InChI is InChI=1S/C18H16BrN5OS/c19-15-6-5-14(26-15)18(11-20)7-9-24(10-8-18)17(25)21-16-12-3-1-2-4-13(12)22-23-16/h1-6H,7-10H2,(H2,21,22,23,25). The minimum absolute atomic E-state index is 0.179. The minimum Gasteiger partial charge on any atom is -0.324 e. The van der Waals surface area contributed by atoms with Crippen molar-refractivity contribution in [2.24, 2.45) is 0 Å². The van der Waals surface area contributed by atoms with Gasteiger partial charge in [0.25, 0.3) is 0 Å². The summed E-state index contributed by atoms with van der Waals surface area (Å²) in [5.74, 6) is 0.532. The van der Waals surface area contributed by atoms with Crippen molar-refractivity contribution in [1.82, 2.24) is 15.1 Å². The topological polar surface area (TPSA) is 84.8 Å². The number of benzene rings is 1. The van der Waals surface area contributed by atoms with Gasteiger partial charge in [0.2, 0.25) is 0 Å². The maximum absolute atomic E-state index is 12.6. The van der Waals surface area contributed by atoms with E-state index in [1.807, 2.05) is 36.4 Å². The summed E-state index contributed by atoms with van der Waals surface area (Å²) >= 11 is 5.06. The predicted octanol–water partition coefficient (Wildman–Crippen LogP) is 4.48. The summed E-state index contributed by atoms with van der Waals surface area (Å²) in [6.45, 7) is 1.08. The highest BCUT2D eigenvalue weighted by molar-refractivity contribution is 9.11. The number of nitrogens with zero attached hydrogens (tertiary/aromatic N) is 3. The molecule has 6 nitrogen and oxygen atoms in total. The Morgan fingerprint density at radius 3 is 2.77 bits per heavy atom. The van der Waals surface area contributed by atoms with Gasteiger partial charge in [0.15, 0.2) is 5.82 Å². The van der Waals surface area contributed by atoms with Crippen molar-refractivity contribution in [3.63, 3.8) is 0 Å². The predicted molar refractivity (Wildman–Crippen MR) is 105 cm³/mol. The number of amides is 2. The molecule has 1 aliphatic rings. The number of nitrogens with one attached hydrogen (secondary N) is 2. The number of halogens is 1. The first kappa shape index (κ1) is 17.1. The lowest BCUT2D eigenvalue weighted by atomic mass is 9.78. The first-order valence-corrected chi connectivity index (χ1v) is 9.88. The molecular weight excluding hydrogens is 414 g/mol. The molecule has 4 rings (SSSR count). The van der Waals surface area contributed by atoms with Gasteiger partial charge in [-0.3, -0.25) is 10.4 Å². The van der Waals surface area contributed by atoms with Crippen molar-refractivity contribution in [3.8, 4) is 6.07 Å². The highest BCUT2D eigenvalue weighted by atomic mass is 79.9. The Kier molecular flexibility index (Phi) is 4.42. The average molecular weight is 430 g/mol. The summed E-state index contributed by atoms with van der Waals surface area (Å²) in [6.07, 6.45) is 1.26. The number of anilines is 1. The molecule has 1 aromatic carbocycles. The number of nitriles is 1. The molecule has 0 saturated carbocycles. The van der Waals surface area contributed by atoms with Crippen molar-refractivity contribution in [2.75, 3.05) is 18.4 Å². The fraction of sp³-hybridized carbons (Fsp3) is 0.278. The molecule has 0 spiro atoms. The van der Waals surface area contributed by atoms with Crippen LogP contribution < -0.4 is 5.32 Å². The van der Waals surface area contributed by atoms with Crippen molar-refractivity contribution < 1.29 is 4.79 Å². The zero-order valence-corrected chi connectivity index (χ0v) is 16.2. The molecule has 2 aromatic heterocycles. The Labute approximate surface area is 162 Å². The number of thiophene rings is 1. The van der Waals surface area contributed by atoms with Crippen LogP contribution in [0.3, 0.4) is 0 Å². The highest BCUT2D eigenvalue weighted by Gasteiger charge is 2.39. The number of hydrogen-bond acceptors (Lipinski definition) is 4. The SMILES string of the molecule is N#CC1(c2ccc(Br)s2)CCN(C(=O)Nc2n[nH]c3ccccc23)CC1. The Balaban J connectivity index is 1.46. The number of fused-ring (bicyclic) bond motifs is 1. The van der Waals surface area contributed by atoms with Crippen LogP contribution >= 0.6 is 27.3 Å². The first-order valence-electron chi connectivity index (χ1n) is 8.27. The van der Waals surface area contributed by atoms with Crippen molar-refractivity contribution in [3.05, 3.63) is 45.1 Å². The van der Waals surface area contributed by atoms with E-state index >= 15 is 0 Å². The molecular formula is C18H16BrN5OS. The van der Waals surface area contributed by atoms with E-state index in [1.54, 1.807) is 16.2 Å². The Bertz CT molecular complexity index is 996. The number of piperidine rings is 1. The molecule has 0 unspecified atom stereocenters. The minimum atomic E-state index is -0.507. The third-order valence-corrected chi connectivity index (χ3v) is 6.69. The smallest absolute Gasteiger partial charge is 0.323 e. The van der Waals surface area contributed by atoms with E-state index in [-0.39, 0.29) is 6.03 Å². The first-order chi connectivity index (χ1) is 12.6. The third-order valence-electron chi connectivity index (χ3n) is 4.86. The van der Waals surface area contributed by atoms with Gasteiger partial charge in [-0.05, 0) is 53.0 Å². The van der Waals surface area contributed by atoms with Gasteiger partial charge in [0.05, 0.1) is 20.8 Å². The molecule has 1 aliphatic heterocycles. The van der Waals surface area contributed by atoms with E-state index in [9.17, 15) is 10.1 Å². The molecule has 0 bridgehead atoms. The number of likely N-dealkylation sites (tertiary alicyclic amines) is 1. The van der Waals surface area contributed by atoms with E-state index in [1.165, 1.54) is 0 Å². The summed E-state index contributed by atoms with van der Waals surface area (Å²) in [5.41, 5.74) is 0.375. The number of aromatic amines is 1. The number of rotatable bonds is 2. The van der Waals surface area contributed by atoms with Crippen LogP contribution in [0.1, 0.15) is 17.7 Å². The zero-order chi connectivity index (χ0) is 18.1. The van der Waals surface area contributed by atoms with E-state index < -0.39 is 5.41 Å². The average Bonchev–Trinajstić information content (AvgIpc) is 3.29. The molecule has 3 heterocycles. The molecule has 0 aliphatic carbocycles. The van der Waals surface area contributed by atoms with Gasteiger partial charge in [-0.1, -0.05) is 12.1 Å². The summed E-state index contributed by atoms with van der Waals surface area (Å²) in [7, 11) is 0. The molecule has 132 valence electrons. The van der Waals surface area contributed by atoms with Crippen molar-refractivity contribution >= 4 is 50.0 Å². The molecule has 2 amide bonds. The van der Waals surface area contributed by atoms with E-state index in [2.05, 4.69) is 37.5 Å². The lowest BCUT2D eigenvalue weighted by molar-refractivity contribution is 0.184. The van der Waals surface area contributed by atoms with Crippen LogP contribution in [0, 0.1) is 11.3 Å². The maximum atomic E-state index is 12.6. The van der Waals surface area contributed by atoms with Gasteiger partial charge in [0, 0.05) is 23.4 Å². The number of H-pyrrole nitrogens is 1. The van der Waals surface area contributed by atoms with Crippen LogP contribution in [0.25, 0.3) is 10.9 Å². The van der Waals surface area contributed by atoms with Crippen LogP contribution in [0.5, 0.6) is 0 Å². The third kappa shape index (κ3) is 2.97. The lowest BCUT2D eigenvalue weighted by Gasteiger charge is -2.36. The highest BCUT2D eigenvalue weighted by Crippen LogP contribution is 2.40. The Hall–Kier alpha value is -2.37. The molecule has 3 aromatic rings. The molecule has 1 fully saturated rings. The van der Waals surface area contributed by atoms with E-state index in [4.69, 9.17) is 0 Å². The van der Waals surface area contributed by atoms with E-state index in [0.29, 0.717) is 31.7 Å². The number of aromatic nitrogens is 2. The second-order valence-corrected chi connectivity index (χ2v) is 8.80. The molecule has 26 heavy (non-hydrogen) atoms. The number of carbonyl (C=O) groups is 1. The van der Waals surface area contributed by atoms with Crippen molar-refractivity contribution in [2.45, 2.75) is 18.3 Å². The number of carbonyl (C=O) groups excluding carboxylic acids is 1. The second-order valence-electron chi connectivity index (χ2n) is 6.33. The van der Waals surface area contributed by atoms with Crippen LogP contribution in [0.15, 0.2) is 40.2 Å². The Morgan fingerprint density at radius 2 is 2.08 bits per heavy atom. The normalized spacial score (nSPS) is 16.4. The molecule has 0 atom stereocenters. The fourth-order valence-electron chi connectivity index (χ4n) is 3.32. The van der Waals surface area contributed by atoms with Gasteiger partial charge >= 0.3 is 6.03 Å². The van der Waals surface area contributed by atoms with Crippen LogP contribution in [0.2, 0.25) is 0 Å².